The van der Waals surface area contributed by atoms with Gasteiger partial charge in [-0.2, -0.15) is 0 Å². The average Bonchev–Trinajstić information content (AvgIpc) is 4.07. The van der Waals surface area contributed by atoms with E-state index in [0.29, 0.717) is 89.4 Å². The van der Waals surface area contributed by atoms with E-state index < -0.39 is 30.3 Å². The lowest BCUT2D eigenvalue weighted by Gasteiger charge is -2.33. The fourth-order valence-corrected chi connectivity index (χ4v) is 8.70. The number of nitrogens with zero attached hydrogens (tertiary/aromatic N) is 4. The first-order valence-corrected chi connectivity index (χ1v) is 20.9. The van der Waals surface area contributed by atoms with Crippen LogP contribution in [0.3, 0.4) is 0 Å². The Morgan fingerprint density at radius 2 is 1.73 bits per heavy atom. The second-order valence-corrected chi connectivity index (χ2v) is 16.0. The molecule has 0 spiro atoms. The maximum atomic E-state index is 14.5. The van der Waals surface area contributed by atoms with Gasteiger partial charge in [-0.25, -0.2) is 23.9 Å². The molecule has 3 aromatic heterocycles. The van der Waals surface area contributed by atoms with Gasteiger partial charge in [-0.1, -0.05) is 24.3 Å². The summed E-state index contributed by atoms with van der Waals surface area (Å²) in [5, 5.41) is 7.45. The molecule has 0 aliphatic carbocycles. The number of rotatable bonds is 12. The van der Waals surface area contributed by atoms with Crippen LogP contribution >= 0.6 is 0 Å². The SMILES string of the molecule is COC(=O)NCC(=O)N1CCC[C@H]1c1nc(-c2ccc3c(=O)c4c(ccc5cc(-c6cnc(CN(C[C@@H](C)F)C(=O)C(NC(=O)OC)C7CCOCC7)[nH]6)ccc54)oc3c2)c(C)[nH]1. The molecule has 2 fully saturated rings. The summed E-state index contributed by atoms with van der Waals surface area (Å²) in [6.07, 6.45) is 1.50. The molecule has 0 saturated carbocycles. The quantitative estimate of drug-likeness (QED) is 0.0822. The zero-order chi connectivity index (χ0) is 44.4. The molecular formula is C45H49FN8O9. The van der Waals surface area contributed by atoms with E-state index >= 15 is 0 Å². The molecule has 6 aromatic rings. The van der Waals surface area contributed by atoms with Crippen molar-refractivity contribution in [1.82, 2.24) is 40.4 Å². The van der Waals surface area contributed by atoms with Crippen molar-refractivity contribution in [2.45, 2.75) is 64.3 Å². The Balaban J connectivity index is 1.03. The Morgan fingerprint density at radius 1 is 0.968 bits per heavy atom. The molecule has 4 amide bonds. The second kappa shape index (κ2) is 18.3. The highest BCUT2D eigenvalue weighted by molar-refractivity contribution is 6.09. The molecule has 18 heteroatoms. The minimum Gasteiger partial charge on any atom is -0.456 e. The van der Waals surface area contributed by atoms with Gasteiger partial charge in [0.1, 0.15) is 41.6 Å². The number of ether oxygens (including phenoxy) is 3. The Hall–Kier alpha value is -6.82. The molecule has 63 heavy (non-hydrogen) atoms. The maximum Gasteiger partial charge on any atom is 0.407 e. The van der Waals surface area contributed by atoms with Gasteiger partial charge in [0.05, 0.1) is 61.7 Å². The van der Waals surface area contributed by atoms with Crippen LogP contribution < -0.4 is 16.1 Å². The number of alkyl carbamates (subject to hydrolysis) is 2. The lowest BCUT2D eigenvalue weighted by Crippen LogP contribution is -2.54. The number of benzene rings is 3. The van der Waals surface area contributed by atoms with Crippen molar-refractivity contribution in [2.75, 3.05) is 47.1 Å². The van der Waals surface area contributed by atoms with E-state index in [0.717, 1.165) is 28.6 Å². The number of imidazole rings is 2. The van der Waals surface area contributed by atoms with Crippen molar-refractivity contribution in [1.29, 1.82) is 0 Å². The number of nitrogens with one attached hydrogen (secondary N) is 4. The molecular weight excluding hydrogens is 816 g/mol. The maximum absolute atomic E-state index is 14.5. The van der Waals surface area contributed by atoms with E-state index in [1.807, 2.05) is 37.3 Å². The number of fused-ring (bicyclic) bond motifs is 4. The molecule has 0 bridgehead atoms. The number of aryl methyl sites for hydroxylation is 1. The molecule has 3 aromatic carbocycles. The minimum absolute atomic E-state index is 0.0254. The van der Waals surface area contributed by atoms with Crippen LogP contribution in [-0.2, 0) is 30.3 Å². The van der Waals surface area contributed by atoms with Gasteiger partial charge in [-0.15, -0.1) is 0 Å². The summed E-state index contributed by atoms with van der Waals surface area (Å²) in [4.78, 5) is 84.0. The van der Waals surface area contributed by atoms with Gasteiger partial charge in [0, 0.05) is 36.6 Å². The molecule has 17 nitrogen and oxygen atoms in total. The number of hydrogen-bond acceptors (Lipinski definition) is 11. The third-order valence-corrected chi connectivity index (χ3v) is 11.8. The molecule has 0 radical (unpaired) electrons. The van der Waals surface area contributed by atoms with Crippen molar-refractivity contribution >= 4 is 56.7 Å². The van der Waals surface area contributed by atoms with Crippen LogP contribution in [0.1, 0.15) is 56.0 Å². The zero-order valence-electron chi connectivity index (χ0n) is 35.4. The highest BCUT2D eigenvalue weighted by atomic mass is 19.1. The molecule has 2 aliphatic rings. The molecule has 8 rings (SSSR count). The summed E-state index contributed by atoms with van der Waals surface area (Å²) >= 11 is 0. The van der Waals surface area contributed by atoms with Crippen LogP contribution in [-0.4, -0.2) is 113 Å². The number of aromatic amines is 2. The molecule has 1 unspecified atom stereocenters. The number of aromatic nitrogens is 4. The van der Waals surface area contributed by atoms with E-state index in [1.165, 1.54) is 26.0 Å². The third-order valence-electron chi connectivity index (χ3n) is 11.8. The van der Waals surface area contributed by atoms with Gasteiger partial charge in [0.2, 0.25) is 17.2 Å². The number of carbonyl (C=O) groups excluding carboxylic acids is 4. The van der Waals surface area contributed by atoms with Gasteiger partial charge in [-0.3, -0.25) is 14.4 Å². The van der Waals surface area contributed by atoms with Gasteiger partial charge in [0.25, 0.3) is 0 Å². The summed E-state index contributed by atoms with van der Waals surface area (Å²) in [5.41, 5.74) is 4.25. The van der Waals surface area contributed by atoms with E-state index in [9.17, 15) is 28.4 Å². The number of alkyl halides is 1. The van der Waals surface area contributed by atoms with Crippen molar-refractivity contribution in [2.24, 2.45) is 5.92 Å². The molecule has 330 valence electrons. The smallest absolute Gasteiger partial charge is 0.407 e. The number of hydrogen-bond donors (Lipinski definition) is 4. The van der Waals surface area contributed by atoms with Crippen molar-refractivity contribution in [3.8, 4) is 22.5 Å². The van der Waals surface area contributed by atoms with Crippen LogP contribution in [0.2, 0.25) is 0 Å². The Kier molecular flexibility index (Phi) is 12.4. The molecule has 2 aliphatic heterocycles. The number of likely N-dealkylation sites (tertiary alicyclic amines) is 1. The fraction of sp³-hybridized carbons (Fsp3) is 0.400. The predicted molar refractivity (Wildman–Crippen MR) is 230 cm³/mol. The minimum atomic E-state index is -1.34. The van der Waals surface area contributed by atoms with Crippen molar-refractivity contribution in [3.05, 3.63) is 82.3 Å². The van der Waals surface area contributed by atoms with Crippen molar-refractivity contribution < 1.29 is 42.2 Å². The number of amides is 4. The number of methoxy groups -OCH3 is 2. The average molecular weight is 865 g/mol. The zero-order valence-corrected chi connectivity index (χ0v) is 35.4. The van der Waals surface area contributed by atoms with E-state index in [-0.39, 0.29) is 42.9 Å². The summed E-state index contributed by atoms with van der Waals surface area (Å²) in [5.74, 6) is 0.185. The number of H-pyrrole nitrogens is 2. The lowest BCUT2D eigenvalue weighted by atomic mass is 9.90. The largest absolute Gasteiger partial charge is 0.456 e. The highest BCUT2D eigenvalue weighted by Gasteiger charge is 2.36. The fourth-order valence-electron chi connectivity index (χ4n) is 8.70. The van der Waals surface area contributed by atoms with Crippen LogP contribution in [0, 0.1) is 12.8 Å². The standard InChI is InChI=1S/C45H49FN8O9/c1-24(46)22-53(43(57)40(52-45(59)61-4)26-13-16-62-17-14-26)23-36-47-20-32(50-36)28-7-10-30-27(18-28)9-12-34-38(30)41(56)31-11-8-29(19-35(31)63-34)39-25(2)49-42(51-39)33-6-5-15-54(33)37(55)21-48-44(58)60-3/h7-12,18-20,24,26,33,40H,5-6,13-17,21-23H2,1-4H3,(H,47,50)(H,48,58)(H,49,51)(H,52,59)/t24-,33+,40?/m1/s1. The molecule has 4 N–H and O–H groups in total. The second-order valence-electron chi connectivity index (χ2n) is 16.0. The normalized spacial score (nSPS) is 16.6. The van der Waals surface area contributed by atoms with Crippen LogP contribution in [0.5, 0.6) is 0 Å². The molecule has 2 saturated heterocycles. The summed E-state index contributed by atoms with van der Waals surface area (Å²) in [6, 6.07) is 13.5. The first-order chi connectivity index (χ1) is 30.4. The molecule has 5 heterocycles. The van der Waals surface area contributed by atoms with Gasteiger partial charge < -0.3 is 49.0 Å². The highest BCUT2D eigenvalue weighted by Crippen LogP contribution is 2.35. The van der Waals surface area contributed by atoms with Crippen LogP contribution in [0.4, 0.5) is 14.0 Å². The Bertz CT molecular complexity index is 2760. The first-order valence-electron chi connectivity index (χ1n) is 20.9. The number of carbonyl (C=O) groups is 4. The van der Waals surface area contributed by atoms with E-state index in [1.54, 1.807) is 29.3 Å². The van der Waals surface area contributed by atoms with Crippen LogP contribution in [0.25, 0.3) is 55.2 Å². The number of halogens is 1. The van der Waals surface area contributed by atoms with Crippen molar-refractivity contribution in [3.63, 3.8) is 0 Å². The monoisotopic (exact) mass is 864 g/mol. The van der Waals surface area contributed by atoms with Gasteiger partial charge in [0.15, 0.2) is 0 Å². The first kappa shape index (κ1) is 42.9. The third kappa shape index (κ3) is 8.93. The van der Waals surface area contributed by atoms with E-state index in [4.69, 9.17) is 18.9 Å². The van der Waals surface area contributed by atoms with Gasteiger partial charge >= 0.3 is 12.2 Å². The van der Waals surface area contributed by atoms with E-state index in [2.05, 4.69) is 30.3 Å². The molecule has 3 atom stereocenters. The van der Waals surface area contributed by atoms with Crippen LogP contribution in [0.15, 0.2) is 63.9 Å². The summed E-state index contributed by atoms with van der Waals surface area (Å²) in [7, 11) is 2.47. The Labute approximate surface area is 360 Å². The summed E-state index contributed by atoms with van der Waals surface area (Å²) in [6.45, 7) is 4.30. The topological polar surface area (TPSA) is 214 Å². The predicted octanol–water partition coefficient (Wildman–Crippen LogP) is 6.05. The lowest BCUT2D eigenvalue weighted by molar-refractivity contribution is -0.137. The van der Waals surface area contributed by atoms with Gasteiger partial charge in [-0.05, 0) is 80.5 Å². The summed E-state index contributed by atoms with van der Waals surface area (Å²) < 4.78 is 35.8. The Morgan fingerprint density at radius 3 is 2.49 bits per heavy atom.